The van der Waals surface area contributed by atoms with Crippen LogP contribution in [-0.4, -0.2) is 39.1 Å². The van der Waals surface area contributed by atoms with E-state index in [2.05, 4.69) is 20.8 Å². The number of para-hydroxylation sites is 1. The average Bonchev–Trinajstić information content (AvgIpc) is 3.40. The molecule has 1 aliphatic heterocycles. The molecule has 164 valence electrons. The number of amides is 3. The highest BCUT2D eigenvalue weighted by Crippen LogP contribution is 2.41. The van der Waals surface area contributed by atoms with Gasteiger partial charge in [0.25, 0.3) is 11.8 Å². The molecule has 4 aromatic rings. The summed E-state index contributed by atoms with van der Waals surface area (Å²) in [4.78, 5) is 46.6. The largest absolute Gasteiger partial charge is 0.361 e. The Kier molecular flexibility index (Phi) is 5.32. The number of H-pyrrole nitrogens is 1. The quantitative estimate of drug-likeness (QED) is 0.416. The molecule has 0 aliphatic carbocycles. The van der Waals surface area contributed by atoms with Crippen LogP contribution in [0.1, 0.15) is 44.3 Å². The number of hydrogen-bond acceptors (Lipinski definition) is 4. The molecule has 8 nitrogen and oxygen atoms in total. The van der Waals surface area contributed by atoms with Gasteiger partial charge in [-0.3, -0.25) is 30.2 Å². The van der Waals surface area contributed by atoms with Crippen molar-refractivity contribution in [3.63, 3.8) is 0 Å². The van der Waals surface area contributed by atoms with Crippen molar-refractivity contribution in [2.45, 2.75) is 12.5 Å². The lowest BCUT2D eigenvalue weighted by molar-refractivity contribution is -0.122. The second-order valence-electron chi connectivity index (χ2n) is 7.77. The van der Waals surface area contributed by atoms with E-state index in [9.17, 15) is 14.4 Å². The molecule has 0 spiro atoms. The van der Waals surface area contributed by atoms with E-state index in [0.717, 1.165) is 22.0 Å². The molecule has 2 aromatic carbocycles. The maximum atomic E-state index is 13.2. The summed E-state index contributed by atoms with van der Waals surface area (Å²) in [5, 5.41) is 1.03. The molecule has 2 aromatic heterocycles. The Morgan fingerprint density at radius 3 is 2.55 bits per heavy atom. The zero-order chi connectivity index (χ0) is 22.8. The number of hydrazine groups is 1. The normalized spacial score (nSPS) is 14.8. The SMILES string of the molecule is O=C(CCN1C(=O)c2ccccc2[C@H]1c1c[nH]c2ccccc12)NNC(=O)c1ccncc1. The minimum atomic E-state index is -0.438. The molecule has 0 saturated heterocycles. The average molecular weight is 439 g/mol. The van der Waals surface area contributed by atoms with E-state index in [-0.39, 0.29) is 30.8 Å². The zero-order valence-electron chi connectivity index (χ0n) is 17.6. The molecule has 1 aliphatic rings. The molecule has 0 bridgehead atoms. The summed E-state index contributed by atoms with van der Waals surface area (Å²) >= 11 is 0. The first-order valence-electron chi connectivity index (χ1n) is 10.6. The van der Waals surface area contributed by atoms with Gasteiger partial charge in [-0.1, -0.05) is 36.4 Å². The van der Waals surface area contributed by atoms with E-state index >= 15 is 0 Å². The first-order valence-corrected chi connectivity index (χ1v) is 10.6. The number of aromatic nitrogens is 2. The van der Waals surface area contributed by atoms with Gasteiger partial charge in [0.1, 0.15) is 0 Å². The highest BCUT2D eigenvalue weighted by molar-refractivity contribution is 6.01. The molecule has 0 saturated carbocycles. The summed E-state index contributed by atoms with van der Waals surface area (Å²) in [7, 11) is 0. The fraction of sp³-hybridized carbons (Fsp3) is 0.120. The second-order valence-corrected chi connectivity index (χ2v) is 7.77. The van der Waals surface area contributed by atoms with Crippen LogP contribution in [0.4, 0.5) is 0 Å². The standard InChI is InChI=1S/C25H21N5O3/c31-22(28-29-24(32)16-9-12-26-13-10-16)11-14-30-23(18-6-1-2-7-19(18)25(30)33)20-15-27-21-8-4-3-5-17(20)21/h1-10,12-13,15,23,27H,11,14H2,(H,28,31)(H,29,32)/t23-/m0/s1. The van der Waals surface area contributed by atoms with Gasteiger partial charge in [-0.25, -0.2) is 0 Å². The number of fused-ring (bicyclic) bond motifs is 2. The predicted molar refractivity (Wildman–Crippen MR) is 122 cm³/mol. The maximum Gasteiger partial charge on any atom is 0.269 e. The third-order valence-corrected chi connectivity index (χ3v) is 5.81. The smallest absolute Gasteiger partial charge is 0.269 e. The molecule has 33 heavy (non-hydrogen) atoms. The molecule has 3 N–H and O–H groups in total. The highest BCUT2D eigenvalue weighted by atomic mass is 16.2. The summed E-state index contributed by atoms with van der Waals surface area (Å²) in [6.45, 7) is 0.203. The molecule has 8 heteroatoms. The first kappa shape index (κ1) is 20.4. The van der Waals surface area contributed by atoms with Crippen LogP contribution in [0.2, 0.25) is 0 Å². The summed E-state index contributed by atoms with van der Waals surface area (Å²) in [5.41, 5.74) is 8.71. The van der Waals surface area contributed by atoms with Crippen molar-refractivity contribution in [3.8, 4) is 0 Å². The van der Waals surface area contributed by atoms with Crippen LogP contribution in [0.25, 0.3) is 10.9 Å². The van der Waals surface area contributed by atoms with Crippen molar-refractivity contribution in [3.05, 3.63) is 102 Å². The Labute approximate surface area is 189 Å². The highest BCUT2D eigenvalue weighted by Gasteiger charge is 2.38. The Hall–Kier alpha value is -4.46. The molecular weight excluding hydrogens is 418 g/mol. The van der Waals surface area contributed by atoms with Crippen molar-refractivity contribution in [2.75, 3.05) is 6.54 Å². The van der Waals surface area contributed by atoms with Crippen molar-refractivity contribution in [2.24, 2.45) is 0 Å². The van der Waals surface area contributed by atoms with Crippen LogP contribution in [-0.2, 0) is 4.79 Å². The summed E-state index contributed by atoms with van der Waals surface area (Å²) in [6.07, 6.45) is 4.96. The molecule has 3 heterocycles. The van der Waals surface area contributed by atoms with Gasteiger partial charge in [0.15, 0.2) is 0 Å². The van der Waals surface area contributed by atoms with Crippen molar-refractivity contribution < 1.29 is 14.4 Å². The van der Waals surface area contributed by atoms with Crippen LogP contribution >= 0.6 is 0 Å². The van der Waals surface area contributed by atoms with Crippen molar-refractivity contribution >= 4 is 28.6 Å². The molecule has 0 unspecified atom stereocenters. The van der Waals surface area contributed by atoms with Crippen LogP contribution in [0.5, 0.6) is 0 Å². The topological polar surface area (TPSA) is 107 Å². The number of aromatic amines is 1. The molecule has 0 radical (unpaired) electrons. The number of pyridine rings is 1. The van der Waals surface area contributed by atoms with Crippen molar-refractivity contribution in [1.29, 1.82) is 0 Å². The summed E-state index contributed by atoms with van der Waals surface area (Å²) in [6, 6.07) is 18.3. The number of rotatable bonds is 5. The van der Waals surface area contributed by atoms with Gasteiger partial charge >= 0.3 is 0 Å². The lowest BCUT2D eigenvalue weighted by Crippen LogP contribution is -2.43. The predicted octanol–water partition coefficient (Wildman–Crippen LogP) is 2.96. The van der Waals surface area contributed by atoms with E-state index in [4.69, 9.17) is 0 Å². The number of benzene rings is 2. The van der Waals surface area contributed by atoms with Crippen LogP contribution in [0.15, 0.2) is 79.3 Å². The third kappa shape index (κ3) is 3.82. The molecule has 5 rings (SSSR count). The van der Waals surface area contributed by atoms with Gasteiger partial charge in [-0.05, 0) is 29.8 Å². The summed E-state index contributed by atoms with van der Waals surface area (Å²) in [5.74, 6) is -0.944. The molecule has 3 amide bonds. The number of carbonyl (C=O) groups is 3. The zero-order valence-corrected chi connectivity index (χ0v) is 17.6. The molecular formula is C25H21N5O3. The monoisotopic (exact) mass is 439 g/mol. The van der Waals surface area contributed by atoms with Gasteiger partial charge in [0.05, 0.1) is 6.04 Å². The minimum absolute atomic E-state index is 0.0369. The van der Waals surface area contributed by atoms with Crippen LogP contribution in [0, 0.1) is 0 Å². The van der Waals surface area contributed by atoms with Crippen molar-refractivity contribution in [1.82, 2.24) is 25.7 Å². The molecule has 1 atom stereocenters. The second kappa shape index (κ2) is 8.58. The van der Waals surface area contributed by atoms with Gasteiger partial charge in [0, 0.05) is 59.1 Å². The van der Waals surface area contributed by atoms with E-state index < -0.39 is 5.91 Å². The van der Waals surface area contributed by atoms with E-state index in [1.165, 1.54) is 12.4 Å². The van der Waals surface area contributed by atoms with Gasteiger partial charge < -0.3 is 9.88 Å². The maximum absolute atomic E-state index is 13.2. The summed E-state index contributed by atoms with van der Waals surface area (Å²) < 4.78 is 0. The van der Waals surface area contributed by atoms with Gasteiger partial charge in [-0.15, -0.1) is 0 Å². The van der Waals surface area contributed by atoms with E-state index in [1.807, 2.05) is 54.7 Å². The number of nitrogens with zero attached hydrogens (tertiary/aromatic N) is 2. The minimum Gasteiger partial charge on any atom is -0.361 e. The number of hydrogen-bond donors (Lipinski definition) is 3. The van der Waals surface area contributed by atoms with Crippen LogP contribution in [0.3, 0.4) is 0 Å². The Balaban J connectivity index is 1.33. The Bertz CT molecular complexity index is 1350. The Morgan fingerprint density at radius 1 is 0.939 bits per heavy atom. The fourth-order valence-corrected chi connectivity index (χ4v) is 4.24. The Morgan fingerprint density at radius 2 is 1.70 bits per heavy atom. The van der Waals surface area contributed by atoms with E-state index in [0.29, 0.717) is 11.1 Å². The third-order valence-electron chi connectivity index (χ3n) is 5.81. The fourth-order valence-electron chi connectivity index (χ4n) is 4.24. The number of nitrogens with one attached hydrogen (secondary N) is 3. The first-order chi connectivity index (χ1) is 16.1. The van der Waals surface area contributed by atoms with E-state index in [1.54, 1.807) is 17.0 Å². The molecule has 0 fully saturated rings. The van der Waals surface area contributed by atoms with Crippen LogP contribution < -0.4 is 10.9 Å². The van der Waals surface area contributed by atoms with Gasteiger partial charge in [0.2, 0.25) is 5.91 Å². The lowest BCUT2D eigenvalue weighted by Gasteiger charge is -2.25. The lowest BCUT2D eigenvalue weighted by atomic mass is 9.97. The number of carbonyl (C=O) groups excluding carboxylic acids is 3. The van der Waals surface area contributed by atoms with Gasteiger partial charge in [-0.2, -0.15) is 0 Å².